The van der Waals surface area contributed by atoms with Crippen LogP contribution in [0.15, 0.2) is 47.6 Å². The van der Waals surface area contributed by atoms with E-state index in [2.05, 4.69) is 15.8 Å². The van der Waals surface area contributed by atoms with Crippen molar-refractivity contribution in [3.63, 3.8) is 0 Å². The molecule has 120 valence electrons. The molecule has 0 aliphatic carbocycles. The Morgan fingerprint density at radius 3 is 2.39 bits per heavy atom. The van der Waals surface area contributed by atoms with Crippen molar-refractivity contribution >= 4 is 29.2 Å². The molecule has 0 unspecified atom stereocenters. The van der Waals surface area contributed by atoms with Crippen molar-refractivity contribution in [2.45, 2.75) is 0 Å². The van der Waals surface area contributed by atoms with Crippen molar-refractivity contribution in [1.29, 1.82) is 0 Å². The molecule has 5 nitrogen and oxygen atoms in total. The van der Waals surface area contributed by atoms with E-state index in [-0.39, 0.29) is 10.8 Å². The molecule has 2 aromatic rings. The first-order valence-corrected chi connectivity index (χ1v) is 7.11. The Hall–Kier alpha value is -2.67. The summed E-state index contributed by atoms with van der Waals surface area (Å²) in [4.78, 5) is 0. The van der Waals surface area contributed by atoms with Crippen LogP contribution in [-0.4, -0.2) is 25.5 Å². The molecule has 0 amide bonds. The van der Waals surface area contributed by atoms with E-state index < -0.39 is 5.82 Å². The van der Waals surface area contributed by atoms with E-state index in [0.29, 0.717) is 11.5 Å². The second-order valence-corrected chi connectivity index (χ2v) is 4.86. The molecule has 2 aromatic carbocycles. The lowest BCUT2D eigenvalue weighted by Gasteiger charge is -2.08. The molecule has 2 N–H and O–H groups in total. The zero-order chi connectivity index (χ0) is 16.7. The minimum atomic E-state index is -0.391. The largest absolute Gasteiger partial charge is 0.497 e. The minimum Gasteiger partial charge on any atom is -0.497 e. The summed E-state index contributed by atoms with van der Waals surface area (Å²) in [5, 5.41) is 6.91. The molecule has 0 bridgehead atoms. The highest BCUT2D eigenvalue weighted by molar-refractivity contribution is 7.80. The monoisotopic (exact) mass is 333 g/mol. The molecule has 0 atom stereocenters. The Kier molecular flexibility index (Phi) is 5.87. The van der Waals surface area contributed by atoms with Crippen LogP contribution in [0.25, 0.3) is 0 Å². The Bertz CT molecular complexity index is 700. The highest BCUT2D eigenvalue weighted by atomic mass is 32.1. The Balaban J connectivity index is 1.98. The maximum absolute atomic E-state index is 13.5. The lowest BCUT2D eigenvalue weighted by Crippen LogP contribution is -2.24. The Morgan fingerprint density at radius 1 is 1.13 bits per heavy atom. The number of nitrogens with one attached hydrogen (secondary N) is 2. The summed E-state index contributed by atoms with van der Waals surface area (Å²) in [5.41, 5.74) is 3.67. The number of anilines is 1. The third-order valence-electron chi connectivity index (χ3n) is 2.88. The molecule has 0 spiro atoms. The SMILES string of the molecule is COc1cc(/C=N\NC(=S)Nc2ccccc2F)cc(OC)c1. The van der Waals surface area contributed by atoms with Crippen LogP contribution >= 0.6 is 12.2 Å². The van der Waals surface area contributed by atoms with E-state index in [4.69, 9.17) is 21.7 Å². The highest BCUT2D eigenvalue weighted by Crippen LogP contribution is 2.21. The standard InChI is InChI=1S/C16H16FN3O2S/c1-21-12-7-11(8-13(9-12)22-2)10-18-20-16(23)19-15-6-4-3-5-14(15)17/h3-10H,1-2H3,(H2,19,20,23)/b18-10-. The number of nitrogens with zero attached hydrogens (tertiary/aromatic N) is 1. The summed E-state index contributed by atoms with van der Waals surface area (Å²) in [6.07, 6.45) is 1.56. The number of para-hydroxylation sites is 1. The van der Waals surface area contributed by atoms with Crippen molar-refractivity contribution in [3.05, 3.63) is 53.8 Å². The van der Waals surface area contributed by atoms with Crippen LogP contribution < -0.4 is 20.2 Å². The van der Waals surface area contributed by atoms with Crippen molar-refractivity contribution in [2.24, 2.45) is 5.10 Å². The predicted octanol–water partition coefficient (Wildman–Crippen LogP) is 3.16. The summed E-state index contributed by atoms with van der Waals surface area (Å²) < 4.78 is 23.8. The number of benzene rings is 2. The molecule has 0 heterocycles. The van der Waals surface area contributed by atoms with Crippen LogP contribution in [0.3, 0.4) is 0 Å². The second kappa shape index (κ2) is 8.09. The average Bonchev–Trinajstić information content (AvgIpc) is 2.56. The van der Waals surface area contributed by atoms with Crippen LogP contribution in [0.4, 0.5) is 10.1 Å². The number of methoxy groups -OCH3 is 2. The van der Waals surface area contributed by atoms with Gasteiger partial charge in [0.2, 0.25) is 0 Å². The Labute approximate surface area is 139 Å². The van der Waals surface area contributed by atoms with Gasteiger partial charge in [0.25, 0.3) is 0 Å². The van der Waals surface area contributed by atoms with Crippen molar-refractivity contribution in [1.82, 2.24) is 5.43 Å². The topological polar surface area (TPSA) is 54.9 Å². The maximum atomic E-state index is 13.5. The normalized spacial score (nSPS) is 10.4. The molecular formula is C16H16FN3O2S. The first kappa shape index (κ1) is 16.7. The van der Waals surface area contributed by atoms with Crippen LogP contribution in [-0.2, 0) is 0 Å². The second-order valence-electron chi connectivity index (χ2n) is 4.45. The molecular weight excluding hydrogens is 317 g/mol. The van der Waals surface area contributed by atoms with Gasteiger partial charge in [0, 0.05) is 11.6 Å². The fraction of sp³-hybridized carbons (Fsp3) is 0.125. The number of ether oxygens (including phenoxy) is 2. The number of rotatable bonds is 5. The van der Waals surface area contributed by atoms with Gasteiger partial charge in [0.1, 0.15) is 17.3 Å². The van der Waals surface area contributed by atoms with Gasteiger partial charge in [-0.05, 0) is 36.5 Å². The van der Waals surface area contributed by atoms with E-state index in [0.717, 1.165) is 5.56 Å². The third kappa shape index (κ3) is 4.93. The van der Waals surface area contributed by atoms with Gasteiger partial charge in [-0.25, -0.2) is 4.39 Å². The van der Waals surface area contributed by atoms with Crippen LogP contribution in [0, 0.1) is 5.82 Å². The highest BCUT2D eigenvalue weighted by Gasteiger charge is 2.02. The number of hydrogen-bond donors (Lipinski definition) is 2. The fourth-order valence-electron chi connectivity index (χ4n) is 1.78. The quantitative estimate of drug-likeness (QED) is 0.500. The lowest BCUT2D eigenvalue weighted by molar-refractivity contribution is 0.394. The third-order valence-corrected chi connectivity index (χ3v) is 3.07. The molecule has 0 radical (unpaired) electrons. The van der Waals surface area contributed by atoms with Gasteiger partial charge in [0.15, 0.2) is 5.11 Å². The van der Waals surface area contributed by atoms with Crippen molar-refractivity contribution < 1.29 is 13.9 Å². The summed E-state index contributed by atoms with van der Waals surface area (Å²) in [5.74, 6) is 0.911. The van der Waals surface area contributed by atoms with Crippen LogP contribution in [0.2, 0.25) is 0 Å². The van der Waals surface area contributed by atoms with E-state index in [1.807, 2.05) is 0 Å². The van der Waals surface area contributed by atoms with Gasteiger partial charge in [-0.2, -0.15) is 5.10 Å². The first-order chi connectivity index (χ1) is 11.1. The number of halogens is 1. The molecule has 0 aliphatic rings. The van der Waals surface area contributed by atoms with Gasteiger partial charge in [-0.1, -0.05) is 12.1 Å². The predicted molar refractivity (Wildman–Crippen MR) is 92.9 cm³/mol. The maximum Gasteiger partial charge on any atom is 0.191 e. The van der Waals surface area contributed by atoms with E-state index in [9.17, 15) is 4.39 Å². The Morgan fingerprint density at radius 2 is 1.78 bits per heavy atom. The number of thiocarbonyl (C=S) groups is 1. The van der Waals surface area contributed by atoms with Gasteiger partial charge < -0.3 is 14.8 Å². The molecule has 0 saturated heterocycles. The lowest BCUT2D eigenvalue weighted by atomic mass is 10.2. The summed E-state index contributed by atoms with van der Waals surface area (Å²) >= 11 is 5.06. The van der Waals surface area contributed by atoms with Crippen molar-refractivity contribution in [2.75, 3.05) is 19.5 Å². The van der Waals surface area contributed by atoms with Gasteiger partial charge in [-0.3, -0.25) is 5.43 Å². The molecule has 0 aliphatic heterocycles. The van der Waals surface area contributed by atoms with Gasteiger partial charge >= 0.3 is 0 Å². The van der Waals surface area contributed by atoms with Gasteiger partial charge in [-0.15, -0.1) is 0 Å². The van der Waals surface area contributed by atoms with E-state index >= 15 is 0 Å². The van der Waals surface area contributed by atoms with Crippen LogP contribution in [0.5, 0.6) is 11.5 Å². The molecule has 0 aromatic heterocycles. The smallest absolute Gasteiger partial charge is 0.191 e. The first-order valence-electron chi connectivity index (χ1n) is 6.70. The molecule has 23 heavy (non-hydrogen) atoms. The summed E-state index contributed by atoms with van der Waals surface area (Å²) in [6, 6.07) is 11.6. The number of hydrogen-bond acceptors (Lipinski definition) is 4. The zero-order valence-corrected chi connectivity index (χ0v) is 13.5. The van der Waals surface area contributed by atoms with Crippen LogP contribution in [0.1, 0.15) is 5.56 Å². The zero-order valence-electron chi connectivity index (χ0n) is 12.7. The van der Waals surface area contributed by atoms with Gasteiger partial charge in [0.05, 0.1) is 26.1 Å². The van der Waals surface area contributed by atoms with Crippen molar-refractivity contribution in [3.8, 4) is 11.5 Å². The molecule has 0 saturated carbocycles. The molecule has 2 rings (SSSR count). The van der Waals surface area contributed by atoms with E-state index in [1.165, 1.54) is 6.07 Å². The average molecular weight is 333 g/mol. The van der Waals surface area contributed by atoms with E-state index in [1.54, 1.807) is 56.8 Å². The molecule has 7 heteroatoms. The summed E-state index contributed by atoms with van der Waals surface area (Å²) in [6.45, 7) is 0. The molecule has 0 fully saturated rings. The minimum absolute atomic E-state index is 0.182. The number of hydrazone groups is 1. The fourth-order valence-corrected chi connectivity index (χ4v) is 1.94. The summed E-state index contributed by atoms with van der Waals surface area (Å²) in [7, 11) is 3.14.